The number of hydrogen-bond acceptors (Lipinski definition) is 1. The third-order valence-electron chi connectivity index (χ3n) is 6.34. The zero-order valence-corrected chi connectivity index (χ0v) is 16.2. The first-order valence-electron chi connectivity index (χ1n) is 10.2. The molecule has 0 fully saturated rings. The number of aryl methyl sites for hydroxylation is 1. The number of carbonyl (C=O) groups excluding carboxylic acids is 1. The molecule has 0 aliphatic heterocycles. The van der Waals surface area contributed by atoms with Gasteiger partial charge < -0.3 is 4.79 Å². The number of fused-ring (bicyclic) bond motifs is 4. The Morgan fingerprint density at radius 1 is 0.821 bits per heavy atom. The first-order chi connectivity index (χ1) is 13.7. The summed E-state index contributed by atoms with van der Waals surface area (Å²) in [5.41, 5.74) is 4.24. The Kier molecular flexibility index (Phi) is 4.24. The lowest BCUT2D eigenvalue weighted by Crippen LogP contribution is -2.24. The van der Waals surface area contributed by atoms with Gasteiger partial charge in [-0.1, -0.05) is 78.9 Å². The van der Waals surface area contributed by atoms with E-state index in [-0.39, 0.29) is 5.92 Å². The summed E-state index contributed by atoms with van der Waals surface area (Å²) in [5.74, 6) is 0.894. The molecule has 138 valence electrons. The summed E-state index contributed by atoms with van der Waals surface area (Å²) < 4.78 is 0. The molecule has 4 aromatic rings. The molecule has 1 heteroatoms. The third-order valence-corrected chi connectivity index (χ3v) is 6.34. The molecule has 4 aromatic carbocycles. The fourth-order valence-electron chi connectivity index (χ4n) is 5.19. The fraction of sp³-hybridized carbons (Fsp3) is 0.222. The van der Waals surface area contributed by atoms with E-state index in [2.05, 4.69) is 78.9 Å². The van der Waals surface area contributed by atoms with Crippen LogP contribution in [-0.2, 0) is 11.2 Å². The van der Waals surface area contributed by atoms with Crippen molar-refractivity contribution in [3.63, 3.8) is 0 Å². The second-order valence-electron chi connectivity index (χ2n) is 8.11. The molecular formula is C27H24O. The number of hydrogen-bond donors (Lipinski definition) is 0. The Hall–Kier alpha value is -2.93. The second-order valence-corrected chi connectivity index (χ2v) is 8.11. The Morgan fingerprint density at radius 3 is 2.29 bits per heavy atom. The quantitative estimate of drug-likeness (QED) is 0.397. The molecule has 0 saturated carbocycles. The Morgan fingerprint density at radius 2 is 1.50 bits per heavy atom. The average Bonchev–Trinajstić information content (AvgIpc) is 2.73. The van der Waals surface area contributed by atoms with Crippen LogP contribution in [0.15, 0.2) is 78.9 Å². The van der Waals surface area contributed by atoms with E-state index in [0.29, 0.717) is 18.1 Å². The van der Waals surface area contributed by atoms with E-state index < -0.39 is 0 Å². The molecule has 0 bridgehead atoms. The van der Waals surface area contributed by atoms with Gasteiger partial charge in [-0.2, -0.15) is 0 Å². The zero-order valence-electron chi connectivity index (χ0n) is 16.2. The molecule has 28 heavy (non-hydrogen) atoms. The number of Topliss-reactive ketones (excluding diaryl/α,β-unsaturated/α-hetero) is 1. The molecule has 0 saturated heterocycles. The number of rotatable bonds is 3. The molecule has 2 atom stereocenters. The standard InChI is InChI=1S/C27H24O/c1-18(28)17-22-16-15-21-14-13-20-8-3-5-11-24(20)26(21)27(22)25-12-6-9-19-7-2-4-10-23(19)25/h2-14,22,27H,15-17H2,1H3. The maximum Gasteiger partial charge on any atom is 0.130 e. The van der Waals surface area contributed by atoms with E-state index in [0.717, 1.165) is 12.8 Å². The largest absolute Gasteiger partial charge is 0.300 e. The van der Waals surface area contributed by atoms with Crippen LogP contribution in [0.4, 0.5) is 0 Å². The normalized spacial score (nSPS) is 18.9. The minimum atomic E-state index is 0.254. The van der Waals surface area contributed by atoms with Crippen molar-refractivity contribution in [2.45, 2.75) is 32.1 Å². The van der Waals surface area contributed by atoms with Crippen LogP contribution in [0.25, 0.3) is 21.5 Å². The van der Waals surface area contributed by atoms with Crippen LogP contribution in [0.5, 0.6) is 0 Å². The van der Waals surface area contributed by atoms with Gasteiger partial charge >= 0.3 is 0 Å². The van der Waals surface area contributed by atoms with Gasteiger partial charge in [0, 0.05) is 12.3 Å². The van der Waals surface area contributed by atoms with Crippen molar-refractivity contribution in [1.82, 2.24) is 0 Å². The summed E-state index contributed by atoms with van der Waals surface area (Å²) in [7, 11) is 0. The summed E-state index contributed by atoms with van der Waals surface area (Å²) in [6.07, 6.45) is 2.77. The van der Waals surface area contributed by atoms with Crippen molar-refractivity contribution in [2.75, 3.05) is 0 Å². The van der Waals surface area contributed by atoms with E-state index in [4.69, 9.17) is 0 Å². The first-order valence-corrected chi connectivity index (χ1v) is 10.2. The maximum absolute atomic E-state index is 12.1. The molecule has 0 heterocycles. The predicted molar refractivity (Wildman–Crippen MR) is 117 cm³/mol. The highest BCUT2D eigenvalue weighted by Crippen LogP contribution is 2.47. The fourth-order valence-corrected chi connectivity index (χ4v) is 5.19. The Balaban J connectivity index is 1.82. The van der Waals surface area contributed by atoms with Crippen molar-refractivity contribution < 1.29 is 4.79 Å². The van der Waals surface area contributed by atoms with Gasteiger partial charge in [0.05, 0.1) is 0 Å². The molecule has 0 spiro atoms. The topological polar surface area (TPSA) is 17.1 Å². The van der Waals surface area contributed by atoms with Gasteiger partial charge in [-0.05, 0) is 63.9 Å². The van der Waals surface area contributed by atoms with Gasteiger partial charge in [-0.3, -0.25) is 0 Å². The molecule has 0 amide bonds. The zero-order chi connectivity index (χ0) is 19.1. The monoisotopic (exact) mass is 364 g/mol. The summed E-state index contributed by atoms with van der Waals surface area (Å²) >= 11 is 0. The summed E-state index contributed by atoms with van der Waals surface area (Å²) in [6.45, 7) is 1.73. The van der Waals surface area contributed by atoms with Crippen LogP contribution in [0, 0.1) is 5.92 Å². The van der Waals surface area contributed by atoms with Crippen molar-refractivity contribution in [1.29, 1.82) is 0 Å². The highest BCUT2D eigenvalue weighted by molar-refractivity contribution is 5.91. The maximum atomic E-state index is 12.1. The van der Waals surface area contributed by atoms with Gasteiger partial charge in [-0.25, -0.2) is 0 Å². The molecule has 0 aromatic heterocycles. The van der Waals surface area contributed by atoms with Crippen LogP contribution >= 0.6 is 0 Å². The predicted octanol–water partition coefficient (Wildman–Crippen LogP) is 6.67. The molecule has 5 rings (SSSR count). The summed E-state index contributed by atoms with van der Waals surface area (Å²) in [6, 6.07) is 28.5. The van der Waals surface area contributed by atoms with Crippen molar-refractivity contribution in [3.05, 3.63) is 95.6 Å². The van der Waals surface area contributed by atoms with Gasteiger partial charge in [0.15, 0.2) is 0 Å². The molecule has 1 nitrogen and oxygen atoms in total. The average molecular weight is 364 g/mol. The lowest BCUT2D eigenvalue weighted by Gasteiger charge is -2.35. The Bertz CT molecular complexity index is 1180. The minimum absolute atomic E-state index is 0.254. The summed E-state index contributed by atoms with van der Waals surface area (Å²) in [4.78, 5) is 12.1. The number of ketones is 1. The van der Waals surface area contributed by atoms with E-state index in [1.54, 1.807) is 6.92 Å². The van der Waals surface area contributed by atoms with Crippen LogP contribution in [-0.4, -0.2) is 5.78 Å². The van der Waals surface area contributed by atoms with Crippen LogP contribution < -0.4 is 0 Å². The van der Waals surface area contributed by atoms with Gasteiger partial charge in [0.2, 0.25) is 0 Å². The van der Waals surface area contributed by atoms with Crippen LogP contribution in [0.1, 0.15) is 42.4 Å². The van der Waals surface area contributed by atoms with E-state index in [1.165, 1.54) is 38.2 Å². The number of benzene rings is 4. The van der Waals surface area contributed by atoms with Gasteiger partial charge in [0.1, 0.15) is 5.78 Å². The third kappa shape index (κ3) is 2.82. The molecular weight excluding hydrogens is 340 g/mol. The number of carbonyl (C=O) groups is 1. The lowest BCUT2D eigenvalue weighted by atomic mass is 9.68. The van der Waals surface area contributed by atoms with Gasteiger partial charge in [-0.15, -0.1) is 0 Å². The van der Waals surface area contributed by atoms with E-state index in [1.807, 2.05) is 0 Å². The first kappa shape index (κ1) is 17.2. The SMILES string of the molecule is CC(=O)CC1CCc2ccc3ccccc3c2C1c1cccc2ccccc12. The highest BCUT2D eigenvalue weighted by atomic mass is 16.1. The lowest BCUT2D eigenvalue weighted by molar-refractivity contribution is -0.118. The molecule has 2 unspecified atom stereocenters. The second kappa shape index (κ2) is 6.91. The van der Waals surface area contributed by atoms with Crippen molar-refractivity contribution in [2.24, 2.45) is 5.92 Å². The van der Waals surface area contributed by atoms with Crippen molar-refractivity contribution >= 4 is 27.3 Å². The van der Waals surface area contributed by atoms with Gasteiger partial charge in [0.25, 0.3) is 0 Å². The molecule has 0 radical (unpaired) electrons. The van der Waals surface area contributed by atoms with Crippen LogP contribution in [0.2, 0.25) is 0 Å². The molecule has 1 aliphatic carbocycles. The highest BCUT2D eigenvalue weighted by Gasteiger charge is 2.33. The molecule has 1 aliphatic rings. The van der Waals surface area contributed by atoms with E-state index >= 15 is 0 Å². The smallest absolute Gasteiger partial charge is 0.130 e. The minimum Gasteiger partial charge on any atom is -0.300 e. The van der Waals surface area contributed by atoms with Crippen LogP contribution in [0.3, 0.4) is 0 Å². The molecule has 0 N–H and O–H groups in total. The Labute approximate surface area is 166 Å². The van der Waals surface area contributed by atoms with Crippen molar-refractivity contribution in [3.8, 4) is 0 Å². The summed E-state index contributed by atoms with van der Waals surface area (Å²) in [5, 5.41) is 5.21. The van der Waals surface area contributed by atoms with E-state index in [9.17, 15) is 4.79 Å².